The van der Waals surface area contributed by atoms with Gasteiger partial charge in [0.2, 0.25) is 5.91 Å². The highest BCUT2D eigenvalue weighted by molar-refractivity contribution is 6.31. The highest BCUT2D eigenvalue weighted by Crippen LogP contribution is 2.21. The van der Waals surface area contributed by atoms with Gasteiger partial charge in [0.15, 0.2) is 0 Å². The molecular weight excluding hydrogens is 458 g/mol. The van der Waals surface area contributed by atoms with Crippen LogP contribution in [-0.2, 0) is 24.2 Å². The second-order valence-electron chi connectivity index (χ2n) is 8.86. The first-order valence-corrected chi connectivity index (χ1v) is 12.5. The van der Waals surface area contributed by atoms with Gasteiger partial charge >= 0.3 is 0 Å². The number of fused-ring (bicyclic) bond motifs is 1. The SMILES string of the molecule is Cc1ccc(OCCCn2c(CCCNC(=O)Cc3ccccc3Cl)nc3ccccc32)c(C)c1. The van der Waals surface area contributed by atoms with Gasteiger partial charge in [-0.05, 0) is 62.1 Å². The number of para-hydroxylation sites is 2. The largest absolute Gasteiger partial charge is 0.493 e. The lowest BCUT2D eigenvalue weighted by Crippen LogP contribution is -2.26. The highest BCUT2D eigenvalue weighted by atomic mass is 35.5. The van der Waals surface area contributed by atoms with E-state index in [-0.39, 0.29) is 5.91 Å². The van der Waals surface area contributed by atoms with Crippen molar-refractivity contribution in [2.75, 3.05) is 13.2 Å². The van der Waals surface area contributed by atoms with Gasteiger partial charge in [-0.2, -0.15) is 0 Å². The summed E-state index contributed by atoms with van der Waals surface area (Å²) in [5, 5.41) is 3.63. The lowest BCUT2D eigenvalue weighted by Gasteiger charge is -2.12. The number of hydrogen-bond donors (Lipinski definition) is 1. The van der Waals surface area contributed by atoms with Crippen LogP contribution in [0, 0.1) is 13.8 Å². The van der Waals surface area contributed by atoms with E-state index in [1.165, 1.54) is 5.56 Å². The molecule has 1 heterocycles. The van der Waals surface area contributed by atoms with Crippen molar-refractivity contribution in [3.05, 3.63) is 94.3 Å². The Hall–Kier alpha value is -3.31. The summed E-state index contributed by atoms with van der Waals surface area (Å²) < 4.78 is 8.32. The summed E-state index contributed by atoms with van der Waals surface area (Å²) in [5.74, 6) is 1.96. The number of benzene rings is 3. The minimum Gasteiger partial charge on any atom is -0.493 e. The van der Waals surface area contributed by atoms with Crippen molar-refractivity contribution >= 4 is 28.5 Å². The number of carbonyl (C=O) groups is 1. The molecule has 0 atom stereocenters. The highest BCUT2D eigenvalue weighted by Gasteiger charge is 2.11. The van der Waals surface area contributed by atoms with E-state index in [4.69, 9.17) is 21.3 Å². The summed E-state index contributed by atoms with van der Waals surface area (Å²) in [6.07, 6.45) is 2.78. The van der Waals surface area contributed by atoms with Crippen molar-refractivity contribution in [3.8, 4) is 5.75 Å². The Balaban J connectivity index is 1.30. The van der Waals surface area contributed by atoms with E-state index >= 15 is 0 Å². The second kappa shape index (κ2) is 11.9. The van der Waals surface area contributed by atoms with E-state index in [1.54, 1.807) is 0 Å². The van der Waals surface area contributed by atoms with Gasteiger partial charge in [-0.1, -0.05) is 59.6 Å². The molecule has 0 unspecified atom stereocenters. The zero-order chi connectivity index (χ0) is 24.6. The summed E-state index contributed by atoms with van der Waals surface area (Å²) in [6, 6.07) is 21.9. The first-order valence-electron chi connectivity index (χ1n) is 12.2. The Bertz CT molecular complexity index is 1300. The number of amides is 1. The summed E-state index contributed by atoms with van der Waals surface area (Å²) >= 11 is 6.17. The van der Waals surface area contributed by atoms with Crippen LogP contribution in [0.5, 0.6) is 5.75 Å². The molecule has 1 N–H and O–H groups in total. The first kappa shape index (κ1) is 24.8. The molecule has 0 spiro atoms. The monoisotopic (exact) mass is 489 g/mol. The summed E-state index contributed by atoms with van der Waals surface area (Å²) in [6.45, 7) is 6.25. The van der Waals surface area contributed by atoms with Crippen molar-refractivity contribution in [2.24, 2.45) is 0 Å². The molecule has 4 aromatic rings. The van der Waals surface area contributed by atoms with E-state index < -0.39 is 0 Å². The average molecular weight is 490 g/mol. The van der Waals surface area contributed by atoms with E-state index in [0.717, 1.165) is 59.5 Å². The summed E-state index contributed by atoms with van der Waals surface area (Å²) in [5.41, 5.74) is 5.38. The predicted octanol–water partition coefficient (Wildman–Crippen LogP) is 6.07. The lowest BCUT2D eigenvalue weighted by atomic mass is 10.1. The third-order valence-electron chi connectivity index (χ3n) is 6.06. The zero-order valence-electron chi connectivity index (χ0n) is 20.4. The number of carbonyl (C=O) groups excluding carboxylic acids is 1. The molecule has 0 saturated carbocycles. The topological polar surface area (TPSA) is 56.1 Å². The molecular formula is C29H32ClN3O2. The molecule has 182 valence electrons. The van der Waals surface area contributed by atoms with Crippen LogP contribution in [0.25, 0.3) is 11.0 Å². The Morgan fingerprint density at radius 1 is 1.03 bits per heavy atom. The van der Waals surface area contributed by atoms with Gasteiger partial charge in [0.1, 0.15) is 11.6 Å². The second-order valence-corrected chi connectivity index (χ2v) is 9.27. The van der Waals surface area contributed by atoms with Crippen LogP contribution in [0.15, 0.2) is 66.7 Å². The normalized spacial score (nSPS) is 11.1. The van der Waals surface area contributed by atoms with Gasteiger partial charge < -0.3 is 14.6 Å². The molecule has 35 heavy (non-hydrogen) atoms. The van der Waals surface area contributed by atoms with Crippen LogP contribution >= 0.6 is 11.6 Å². The van der Waals surface area contributed by atoms with E-state index in [2.05, 4.69) is 41.9 Å². The van der Waals surface area contributed by atoms with Crippen molar-refractivity contribution in [2.45, 2.75) is 46.1 Å². The maximum Gasteiger partial charge on any atom is 0.224 e. The molecule has 0 aliphatic rings. The number of nitrogens with zero attached hydrogens (tertiary/aromatic N) is 2. The maximum absolute atomic E-state index is 12.3. The number of rotatable bonds is 11. The van der Waals surface area contributed by atoms with Gasteiger partial charge in [-0.25, -0.2) is 4.98 Å². The number of halogens is 1. The lowest BCUT2D eigenvalue weighted by molar-refractivity contribution is -0.120. The fraction of sp³-hybridized carbons (Fsp3) is 0.310. The van der Waals surface area contributed by atoms with Crippen molar-refractivity contribution in [3.63, 3.8) is 0 Å². The molecule has 5 nitrogen and oxygen atoms in total. The molecule has 4 rings (SSSR count). The quantitative estimate of drug-likeness (QED) is 0.260. The molecule has 0 bridgehead atoms. The Labute approximate surface area is 212 Å². The zero-order valence-corrected chi connectivity index (χ0v) is 21.1. The van der Waals surface area contributed by atoms with Crippen LogP contribution in [0.2, 0.25) is 5.02 Å². The van der Waals surface area contributed by atoms with Gasteiger partial charge in [0.05, 0.1) is 24.1 Å². The number of ether oxygens (including phenoxy) is 1. The number of nitrogens with one attached hydrogen (secondary N) is 1. The minimum atomic E-state index is -0.0184. The van der Waals surface area contributed by atoms with Crippen LogP contribution in [-0.4, -0.2) is 28.6 Å². The molecule has 0 saturated heterocycles. The third-order valence-corrected chi connectivity index (χ3v) is 6.42. The number of imidazole rings is 1. The Morgan fingerprint density at radius 2 is 1.83 bits per heavy atom. The number of hydrogen-bond acceptors (Lipinski definition) is 3. The van der Waals surface area contributed by atoms with Crippen molar-refractivity contribution in [1.82, 2.24) is 14.9 Å². The molecule has 1 amide bonds. The number of aromatic nitrogens is 2. The molecule has 0 fully saturated rings. The van der Waals surface area contributed by atoms with Crippen molar-refractivity contribution in [1.29, 1.82) is 0 Å². The van der Waals surface area contributed by atoms with E-state index in [0.29, 0.717) is 24.6 Å². The van der Waals surface area contributed by atoms with Gasteiger partial charge in [0.25, 0.3) is 0 Å². The first-order chi connectivity index (χ1) is 17.0. The summed E-state index contributed by atoms with van der Waals surface area (Å²) in [7, 11) is 0. The van der Waals surface area contributed by atoms with Gasteiger partial charge in [-0.3, -0.25) is 4.79 Å². The van der Waals surface area contributed by atoms with Gasteiger partial charge in [0, 0.05) is 24.5 Å². The molecule has 0 aliphatic carbocycles. The molecule has 6 heteroatoms. The van der Waals surface area contributed by atoms with Crippen molar-refractivity contribution < 1.29 is 9.53 Å². The molecule has 0 radical (unpaired) electrons. The third kappa shape index (κ3) is 6.64. The fourth-order valence-electron chi connectivity index (χ4n) is 4.28. The van der Waals surface area contributed by atoms with E-state index in [9.17, 15) is 4.79 Å². The fourth-order valence-corrected chi connectivity index (χ4v) is 4.49. The summed E-state index contributed by atoms with van der Waals surface area (Å²) in [4.78, 5) is 17.2. The molecule has 1 aromatic heterocycles. The molecule has 3 aromatic carbocycles. The van der Waals surface area contributed by atoms with Crippen LogP contribution in [0.4, 0.5) is 0 Å². The minimum absolute atomic E-state index is 0.0184. The van der Waals surface area contributed by atoms with E-state index in [1.807, 2.05) is 48.5 Å². The molecule has 0 aliphatic heterocycles. The Morgan fingerprint density at radius 3 is 2.66 bits per heavy atom. The van der Waals surface area contributed by atoms with Gasteiger partial charge in [-0.15, -0.1) is 0 Å². The predicted molar refractivity (Wildman–Crippen MR) is 142 cm³/mol. The maximum atomic E-state index is 12.3. The average Bonchev–Trinajstić information content (AvgIpc) is 3.19. The standard InChI is InChI=1S/C29H32ClN3O2/c1-21-14-15-27(22(2)19-21)35-18-8-17-33-26-12-6-5-11-25(26)32-28(33)13-7-16-31-29(34)20-23-9-3-4-10-24(23)30/h3-6,9-12,14-15,19H,7-8,13,16-18,20H2,1-2H3,(H,31,34). The van der Waals surface area contributed by atoms with Crippen LogP contribution in [0.3, 0.4) is 0 Å². The smallest absolute Gasteiger partial charge is 0.224 e. The van der Waals surface area contributed by atoms with Crippen LogP contribution in [0.1, 0.15) is 35.4 Å². The Kier molecular flexibility index (Phi) is 8.43. The van der Waals surface area contributed by atoms with Crippen LogP contribution < -0.4 is 10.1 Å². The number of aryl methyl sites for hydroxylation is 4.